The number of nitrogens with zero attached hydrogens (tertiary/aromatic N) is 1. The summed E-state index contributed by atoms with van der Waals surface area (Å²) in [6.45, 7) is 6.37. The van der Waals surface area contributed by atoms with Gasteiger partial charge in [0, 0.05) is 20.2 Å². The Morgan fingerprint density at radius 2 is 1.47 bits per heavy atom. The number of hydrogen-bond acceptors (Lipinski definition) is 3. The zero-order valence-corrected chi connectivity index (χ0v) is 11.9. The number of hydrogen-bond donors (Lipinski definition) is 0. The van der Waals surface area contributed by atoms with Gasteiger partial charge in [-0.15, -0.1) is 0 Å². The summed E-state index contributed by atoms with van der Waals surface area (Å²) in [5.74, 6) is 0. The van der Waals surface area contributed by atoms with Gasteiger partial charge in [0.15, 0.2) is 0 Å². The van der Waals surface area contributed by atoms with Gasteiger partial charge in [-0.3, -0.25) is 0 Å². The predicted molar refractivity (Wildman–Crippen MR) is 71.4 cm³/mol. The first-order valence-corrected chi connectivity index (χ1v) is 7.14. The largest absolute Gasteiger partial charge is 0.381 e. The molecule has 0 bridgehead atoms. The van der Waals surface area contributed by atoms with Crippen LogP contribution >= 0.6 is 0 Å². The minimum Gasteiger partial charge on any atom is -0.381 e. The van der Waals surface area contributed by atoms with Crippen LogP contribution in [0.1, 0.15) is 46.0 Å². The molecule has 0 amide bonds. The van der Waals surface area contributed by atoms with E-state index in [0.717, 1.165) is 6.42 Å². The molecule has 1 saturated carbocycles. The number of ether oxygens (including phenoxy) is 2. The monoisotopic (exact) mass is 243 g/mol. The van der Waals surface area contributed by atoms with E-state index in [1.54, 1.807) is 0 Å². The van der Waals surface area contributed by atoms with Gasteiger partial charge in [0.05, 0.1) is 18.3 Å². The normalized spacial score (nSPS) is 31.1. The second-order valence-corrected chi connectivity index (χ2v) is 4.93. The Kier molecular flexibility index (Phi) is 7.09. The van der Waals surface area contributed by atoms with Crippen molar-refractivity contribution in [2.75, 3.05) is 27.2 Å². The highest BCUT2D eigenvalue weighted by Crippen LogP contribution is 2.27. The lowest BCUT2D eigenvalue weighted by Gasteiger charge is -2.30. The van der Waals surface area contributed by atoms with Crippen molar-refractivity contribution < 1.29 is 9.47 Å². The van der Waals surface area contributed by atoms with Gasteiger partial charge in [-0.1, -0.05) is 13.8 Å². The maximum Gasteiger partial charge on any atom is 0.0604 e. The van der Waals surface area contributed by atoms with Crippen LogP contribution in [0.5, 0.6) is 0 Å². The molecular weight excluding hydrogens is 214 g/mol. The first-order valence-electron chi connectivity index (χ1n) is 7.14. The van der Waals surface area contributed by atoms with Crippen molar-refractivity contribution in [1.82, 2.24) is 4.90 Å². The van der Waals surface area contributed by atoms with Gasteiger partial charge in [0.1, 0.15) is 0 Å². The topological polar surface area (TPSA) is 21.7 Å². The molecule has 102 valence electrons. The average molecular weight is 243 g/mol. The molecule has 0 aromatic heterocycles. The van der Waals surface area contributed by atoms with E-state index in [1.165, 1.54) is 38.8 Å². The summed E-state index contributed by atoms with van der Waals surface area (Å²) in [6, 6.07) is 0. The molecule has 2 aliphatic rings. The Bertz CT molecular complexity index is 191. The summed E-state index contributed by atoms with van der Waals surface area (Å²) in [5, 5.41) is 0. The van der Waals surface area contributed by atoms with Crippen LogP contribution in [0.2, 0.25) is 0 Å². The Morgan fingerprint density at radius 3 is 2.00 bits per heavy atom. The minimum absolute atomic E-state index is 0.446. The van der Waals surface area contributed by atoms with Crippen molar-refractivity contribution in [3.63, 3.8) is 0 Å². The molecule has 0 unspecified atom stereocenters. The van der Waals surface area contributed by atoms with E-state index in [0.29, 0.717) is 18.3 Å². The molecule has 0 spiro atoms. The zero-order valence-electron chi connectivity index (χ0n) is 11.9. The van der Waals surface area contributed by atoms with Crippen molar-refractivity contribution in [2.24, 2.45) is 0 Å². The van der Waals surface area contributed by atoms with E-state index in [4.69, 9.17) is 9.47 Å². The highest BCUT2D eigenvalue weighted by atomic mass is 16.5. The Balaban J connectivity index is 0.000000686. The van der Waals surface area contributed by atoms with E-state index >= 15 is 0 Å². The van der Waals surface area contributed by atoms with Crippen LogP contribution in [0.3, 0.4) is 0 Å². The van der Waals surface area contributed by atoms with Crippen molar-refractivity contribution in [2.45, 2.75) is 64.3 Å². The molecule has 1 heterocycles. The smallest absolute Gasteiger partial charge is 0.0604 e. The molecule has 3 heteroatoms. The van der Waals surface area contributed by atoms with E-state index in [2.05, 4.69) is 11.9 Å². The highest BCUT2D eigenvalue weighted by Gasteiger charge is 2.28. The molecule has 17 heavy (non-hydrogen) atoms. The Morgan fingerprint density at radius 1 is 0.882 bits per heavy atom. The summed E-state index contributed by atoms with van der Waals surface area (Å²) in [4.78, 5) is 2.38. The van der Waals surface area contributed by atoms with Crippen LogP contribution in [0.4, 0.5) is 0 Å². The SMILES string of the molecule is CC.CO[C@@H]1CC[C@@H](OC2CCN(C)CC2)C1. The molecule has 1 aliphatic heterocycles. The van der Waals surface area contributed by atoms with Gasteiger partial charge in [-0.05, 0) is 39.2 Å². The van der Waals surface area contributed by atoms with Crippen LogP contribution in [-0.2, 0) is 9.47 Å². The number of rotatable bonds is 3. The third kappa shape index (κ3) is 4.94. The quantitative estimate of drug-likeness (QED) is 0.760. The first-order chi connectivity index (χ1) is 8.28. The van der Waals surface area contributed by atoms with Gasteiger partial charge < -0.3 is 14.4 Å². The maximum atomic E-state index is 6.13. The lowest BCUT2D eigenvalue weighted by atomic mass is 10.1. The maximum absolute atomic E-state index is 6.13. The second-order valence-electron chi connectivity index (χ2n) is 4.93. The van der Waals surface area contributed by atoms with Gasteiger partial charge in [-0.2, -0.15) is 0 Å². The molecule has 2 atom stereocenters. The molecule has 1 saturated heterocycles. The third-order valence-electron chi connectivity index (χ3n) is 3.72. The van der Waals surface area contributed by atoms with E-state index in [-0.39, 0.29) is 0 Å². The van der Waals surface area contributed by atoms with Crippen molar-refractivity contribution in [1.29, 1.82) is 0 Å². The van der Waals surface area contributed by atoms with E-state index < -0.39 is 0 Å². The van der Waals surface area contributed by atoms with Crippen LogP contribution in [0.15, 0.2) is 0 Å². The van der Waals surface area contributed by atoms with Gasteiger partial charge in [-0.25, -0.2) is 0 Å². The Hall–Kier alpha value is -0.120. The standard InChI is InChI=1S/C12H23NO2.C2H6/c1-13-7-5-10(6-8-13)15-12-4-3-11(9-12)14-2;1-2/h10-12H,3-9H2,1-2H3;1-2H3/t11-,12-;/m1./s1. The fraction of sp³-hybridized carbons (Fsp3) is 1.00. The lowest BCUT2D eigenvalue weighted by molar-refractivity contribution is -0.0419. The fourth-order valence-corrected chi connectivity index (χ4v) is 2.63. The fourth-order valence-electron chi connectivity index (χ4n) is 2.63. The Labute approximate surface area is 106 Å². The summed E-state index contributed by atoms with van der Waals surface area (Å²) in [5.41, 5.74) is 0. The molecule has 2 rings (SSSR count). The number of piperidine rings is 1. The zero-order chi connectivity index (χ0) is 12.7. The van der Waals surface area contributed by atoms with E-state index in [1.807, 2.05) is 21.0 Å². The van der Waals surface area contributed by atoms with Crippen LogP contribution in [0, 0.1) is 0 Å². The first kappa shape index (κ1) is 14.9. The molecule has 0 radical (unpaired) electrons. The predicted octanol–water partition coefficient (Wildman–Crippen LogP) is 2.69. The molecular formula is C14H29NO2. The van der Waals surface area contributed by atoms with Gasteiger partial charge in [0.25, 0.3) is 0 Å². The number of methoxy groups -OCH3 is 1. The molecule has 0 N–H and O–H groups in total. The van der Waals surface area contributed by atoms with Crippen molar-refractivity contribution in [3.8, 4) is 0 Å². The van der Waals surface area contributed by atoms with Crippen molar-refractivity contribution >= 4 is 0 Å². The van der Waals surface area contributed by atoms with Gasteiger partial charge in [0.2, 0.25) is 0 Å². The molecule has 1 aliphatic carbocycles. The summed E-state index contributed by atoms with van der Waals surface area (Å²) < 4.78 is 11.5. The summed E-state index contributed by atoms with van der Waals surface area (Å²) >= 11 is 0. The van der Waals surface area contributed by atoms with E-state index in [9.17, 15) is 0 Å². The summed E-state index contributed by atoms with van der Waals surface area (Å²) in [7, 11) is 4.00. The average Bonchev–Trinajstić information content (AvgIpc) is 2.82. The molecule has 2 fully saturated rings. The second kappa shape index (κ2) is 8.06. The van der Waals surface area contributed by atoms with Crippen LogP contribution in [0.25, 0.3) is 0 Å². The molecule has 0 aromatic carbocycles. The summed E-state index contributed by atoms with van der Waals surface area (Å²) in [6.07, 6.45) is 7.27. The highest BCUT2D eigenvalue weighted by molar-refractivity contribution is 4.79. The number of likely N-dealkylation sites (tertiary alicyclic amines) is 1. The molecule has 3 nitrogen and oxygen atoms in total. The van der Waals surface area contributed by atoms with Crippen molar-refractivity contribution in [3.05, 3.63) is 0 Å². The minimum atomic E-state index is 0.446. The third-order valence-corrected chi connectivity index (χ3v) is 3.72. The molecule has 0 aromatic rings. The van der Waals surface area contributed by atoms with Crippen LogP contribution in [-0.4, -0.2) is 50.5 Å². The van der Waals surface area contributed by atoms with Gasteiger partial charge >= 0.3 is 0 Å². The van der Waals surface area contributed by atoms with Crippen LogP contribution < -0.4 is 0 Å². The lowest BCUT2D eigenvalue weighted by Crippen LogP contribution is -2.35.